The van der Waals surface area contributed by atoms with Crippen molar-refractivity contribution in [2.45, 2.75) is 41.9 Å². The second-order valence-electron chi connectivity index (χ2n) is 5.10. The number of fused-ring (bicyclic) bond motifs is 1. The van der Waals surface area contributed by atoms with E-state index in [4.69, 9.17) is 11.6 Å². The Morgan fingerprint density at radius 3 is 2.68 bits per heavy atom. The van der Waals surface area contributed by atoms with E-state index in [1.165, 1.54) is 0 Å². The number of halogens is 4. The molecule has 0 aromatic heterocycles. The van der Waals surface area contributed by atoms with Gasteiger partial charge in [-0.25, -0.2) is 0 Å². The Labute approximate surface area is 118 Å². The van der Waals surface area contributed by atoms with E-state index < -0.39 is 11.7 Å². The van der Waals surface area contributed by atoms with Crippen molar-refractivity contribution in [1.29, 1.82) is 0 Å². The first-order valence-corrected chi connectivity index (χ1v) is 7.54. The summed E-state index contributed by atoms with van der Waals surface area (Å²) in [5.74, 6) is 0.834. The molecule has 1 nitrogen and oxygen atoms in total. The molecular weight excluding hydrogens is 295 g/mol. The molecule has 1 unspecified atom stereocenters. The zero-order valence-corrected chi connectivity index (χ0v) is 11.6. The van der Waals surface area contributed by atoms with Crippen molar-refractivity contribution in [3.05, 3.63) is 28.8 Å². The Balaban J connectivity index is 1.87. The fraction of sp³-hybridized carbons (Fsp3) is 0.538. The molecule has 1 N–H and O–H groups in total. The molecule has 1 saturated carbocycles. The molecule has 1 aliphatic carbocycles. The Bertz CT molecular complexity index is 499. The highest BCUT2D eigenvalue weighted by molar-refractivity contribution is 7.99. The molecule has 0 amide bonds. The van der Waals surface area contributed by atoms with Gasteiger partial charge in [0, 0.05) is 16.0 Å². The summed E-state index contributed by atoms with van der Waals surface area (Å²) in [7, 11) is 0. The molecule has 0 saturated heterocycles. The van der Waals surface area contributed by atoms with E-state index in [2.05, 4.69) is 5.32 Å². The zero-order valence-electron chi connectivity index (χ0n) is 10.1. The van der Waals surface area contributed by atoms with Gasteiger partial charge in [0.1, 0.15) is 5.54 Å². The predicted octanol–water partition coefficient (Wildman–Crippen LogP) is 4.56. The second-order valence-corrected chi connectivity index (χ2v) is 6.67. The molecule has 104 valence electrons. The highest BCUT2D eigenvalue weighted by atomic mass is 35.5. The van der Waals surface area contributed by atoms with Gasteiger partial charge in [0.25, 0.3) is 0 Å². The predicted molar refractivity (Wildman–Crippen MR) is 70.7 cm³/mol. The van der Waals surface area contributed by atoms with Gasteiger partial charge < -0.3 is 0 Å². The molecule has 19 heavy (non-hydrogen) atoms. The van der Waals surface area contributed by atoms with E-state index in [-0.39, 0.29) is 18.9 Å². The van der Waals surface area contributed by atoms with Gasteiger partial charge >= 0.3 is 6.18 Å². The number of benzene rings is 1. The van der Waals surface area contributed by atoms with Gasteiger partial charge in [0.05, 0.1) is 0 Å². The van der Waals surface area contributed by atoms with Gasteiger partial charge in [-0.2, -0.15) is 13.2 Å². The average molecular weight is 308 g/mol. The molecule has 1 heterocycles. The molecule has 3 rings (SSSR count). The molecule has 1 fully saturated rings. The quantitative estimate of drug-likeness (QED) is 0.859. The minimum atomic E-state index is -4.17. The summed E-state index contributed by atoms with van der Waals surface area (Å²) in [6.45, 7) is 0. The van der Waals surface area contributed by atoms with Crippen molar-refractivity contribution in [3.8, 4) is 0 Å². The van der Waals surface area contributed by atoms with Crippen LogP contribution in [0.25, 0.3) is 0 Å². The summed E-state index contributed by atoms with van der Waals surface area (Å²) >= 11 is 7.63. The van der Waals surface area contributed by atoms with Crippen LogP contribution < -0.4 is 5.32 Å². The Kier molecular flexibility index (Phi) is 3.27. The minimum absolute atomic E-state index is 0.177. The van der Waals surface area contributed by atoms with Crippen LogP contribution in [0.1, 0.15) is 30.9 Å². The van der Waals surface area contributed by atoms with E-state index >= 15 is 0 Å². The summed E-state index contributed by atoms with van der Waals surface area (Å²) in [5.41, 5.74) is -0.765. The van der Waals surface area contributed by atoms with Gasteiger partial charge in [0.15, 0.2) is 0 Å². The van der Waals surface area contributed by atoms with Crippen LogP contribution in [0.4, 0.5) is 13.2 Å². The van der Waals surface area contributed by atoms with Gasteiger partial charge in [0.2, 0.25) is 0 Å². The van der Waals surface area contributed by atoms with Crippen LogP contribution in [0.15, 0.2) is 23.1 Å². The second kappa shape index (κ2) is 4.57. The first-order chi connectivity index (χ1) is 8.91. The normalized spacial score (nSPS) is 24.9. The fourth-order valence-corrected chi connectivity index (χ4v) is 3.77. The van der Waals surface area contributed by atoms with Gasteiger partial charge in [-0.3, -0.25) is 5.32 Å². The van der Waals surface area contributed by atoms with E-state index in [1.54, 1.807) is 23.9 Å². The maximum absolute atomic E-state index is 13.0. The molecule has 0 spiro atoms. The first kappa shape index (κ1) is 13.6. The average Bonchev–Trinajstić information content (AvgIpc) is 3.10. The Morgan fingerprint density at radius 2 is 2.05 bits per heavy atom. The van der Waals surface area contributed by atoms with E-state index in [0.717, 1.165) is 16.2 Å². The Morgan fingerprint density at radius 1 is 1.32 bits per heavy atom. The molecule has 2 aliphatic rings. The Hall–Kier alpha value is -0.390. The van der Waals surface area contributed by atoms with E-state index in [0.29, 0.717) is 11.4 Å². The summed E-state index contributed by atoms with van der Waals surface area (Å²) in [6, 6.07) is 5.21. The van der Waals surface area contributed by atoms with Crippen LogP contribution in [0.5, 0.6) is 0 Å². The summed E-state index contributed by atoms with van der Waals surface area (Å²) < 4.78 is 39.0. The van der Waals surface area contributed by atoms with Gasteiger partial charge in [-0.05, 0) is 48.8 Å². The first-order valence-electron chi connectivity index (χ1n) is 6.18. The molecular formula is C13H13ClF3NS. The van der Waals surface area contributed by atoms with Crippen LogP contribution >= 0.6 is 23.4 Å². The third kappa shape index (κ3) is 2.48. The van der Waals surface area contributed by atoms with E-state index in [9.17, 15) is 13.2 Å². The fourth-order valence-electron chi connectivity index (χ4n) is 2.48. The summed E-state index contributed by atoms with van der Waals surface area (Å²) in [5, 5.41) is 3.41. The van der Waals surface area contributed by atoms with Crippen molar-refractivity contribution in [2.24, 2.45) is 0 Å². The lowest BCUT2D eigenvalue weighted by atomic mass is 10.0. The lowest BCUT2D eigenvalue weighted by Crippen LogP contribution is -2.47. The van der Waals surface area contributed by atoms with Crippen LogP contribution in [0.2, 0.25) is 5.02 Å². The van der Waals surface area contributed by atoms with Crippen molar-refractivity contribution in [1.82, 2.24) is 5.32 Å². The monoisotopic (exact) mass is 307 g/mol. The van der Waals surface area contributed by atoms with Crippen molar-refractivity contribution < 1.29 is 13.2 Å². The molecule has 0 bridgehead atoms. The number of hydrogen-bond donors (Lipinski definition) is 1. The third-order valence-electron chi connectivity index (χ3n) is 3.75. The largest absolute Gasteiger partial charge is 0.406 e. The number of nitrogens with one attached hydrogen (secondary N) is 1. The van der Waals surface area contributed by atoms with Crippen molar-refractivity contribution in [2.75, 3.05) is 5.75 Å². The molecule has 1 aromatic rings. The zero-order chi connectivity index (χ0) is 13.7. The minimum Gasteiger partial charge on any atom is -0.297 e. The molecule has 1 aliphatic heterocycles. The van der Waals surface area contributed by atoms with Gasteiger partial charge in [-0.1, -0.05) is 11.6 Å². The topological polar surface area (TPSA) is 12.0 Å². The van der Waals surface area contributed by atoms with Crippen LogP contribution in [-0.4, -0.2) is 17.5 Å². The maximum atomic E-state index is 13.0. The van der Waals surface area contributed by atoms with Crippen molar-refractivity contribution in [3.63, 3.8) is 0 Å². The lowest BCUT2D eigenvalue weighted by Gasteiger charge is -2.31. The smallest absolute Gasteiger partial charge is 0.297 e. The third-order valence-corrected chi connectivity index (χ3v) is 5.11. The summed E-state index contributed by atoms with van der Waals surface area (Å²) in [4.78, 5) is 1.03. The van der Waals surface area contributed by atoms with Crippen molar-refractivity contribution >= 4 is 23.4 Å². The maximum Gasteiger partial charge on any atom is 0.406 e. The summed E-state index contributed by atoms with van der Waals surface area (Å²) in [6.07, 6.45) is -3.11. The van der Waals surface area contributed by atoms with Crippen LogP contribution in [0.3, 0.4) is 0 Å². The standard InChI is InChI=1S/C13H13ClF3NS/c14-8-1-2-11-9(7-8)10(3-6-19-11)18-12(4-5-12)13(15,16)17/h1-2,7,10,18H,3-6H2. The number of hydrogen-bond acceptors (Lipinski definition) is 2. The van der Waals surface area contributed by atoms with Crippen LogP contribution in [0, 0.1) is 0 Å². The highest BCUT2D eigenvalue weighted by Gasteiger charge is 2.63. The van der Waals surface area contributed by atoms with Crippen LogP contribution in [-0.2, 0) is 0 Å². The number of rotatable bonds is 2. The molecule has 0 radical (unpaired) electrons. The molecule has 1 atom stereocenters. The number of alkyl halides is 3. The SMILES string of the molecule is FC(F)(F)C1(NC2CCSc3ccc(Cl)cc32)CC1. The highest BCUT2D eigenvalue weighted by Crippen LogP contribution is 2.51. The number of thioether (sulfide) groups is 1. The molecule has 6 heteroatoms. The molecule has 1 aromatic carbocycles. The lowest BCUT2D eigenvalue weighted by molar-refractivity contribution is -0.168. The van der Waals surface area contributed by atoms with Gasteiger partial charge in [-0.15, -0.1) is 11.8 Å². The van der Waals surface area contributed by atoms with E-state index in [1.807, 2.05) is 6.07 Å².